The molecule has 0 unspecified atom stereocenters. The summed E-state index contributed by atoms with van der Waals surface area (Å²) in [5.41, 5.74) is 8.46. The number of anilines is 1. The Bertz CT molecular complexity index is 1530. The van der Waals surface area contributed by atoms with Gasteiger partial charge in [0.05, 0.1) is 7.11 Å². The number of rotatable bonds is 11. The van der Waals surface area contributed by atoms with Crippen LogP contribution in [0.4, 0.5) is 10.6 Å². The molecule has 11 nitrogen and oxygen atoms in total. The van der Waals surface area contributed by atoms with Gasteiger partial charge in [-0.2, -0.15) is 0 Å². The number of carbonyl (C=O) groups excluding carboxylic acids is 3. The predicted octanol–water partition coefficient (Wildman–Crippen LogP) is 4.03. The van der Waals surface area contributed by atoms with Crippen LogP contribution in [0.1, 0.15) is 40.7 Å². The molecule has 4 rings (SSSR count). The van der Waals surface area contributed by atoms with Crippen LogP contribution in [-0.4, -0.2) is 51.9 Å². The number of benzene rings is 2. The van der Waals surface area contributed by atoms with Crippen LogP contribution >= 0.6 is 0 Å². The van der Waals surface area contributed by atoms with Crippen LogP contribution in [0.15, 0.2) is 67.3 Å². The fourth-order valence-electron chi connectivity index (χ4n) is 4.28. The molecule has 0 fully saturated rings. The molecule has 0 spiro atoms. The third-order valence-corrected chi connectivity index (χ3v) is 6.43. The number of ether oxygens (including phenoxy) is 2. The van der Waals surface area contributed by atoms with Crippen LogP contribution < -0.4 is 15.4 Å². The summed E-state index contributed by atoms with van der Waals surface area (Å²) in [6.45, 7) is 0.176. The molecule has 40 heavy (non-hydrogen) atoms. The minimum Gasteiger partial charge on any atom is -0.469 e. The second-order valence-electron chi connectivity index (χ2n) is 9.13. The van der Waals surface area contributed by atoms with Gasteiger partial charge in [-0.15, -0.1) is 0 Å². The zero-order chi connectivity index (χ0) is 28.6. The number of esters is 1. The maximum absolute atomic E-state index is 13.2. The molecule has 0 saturated heterocycles. The Morgan fingerprint density at radius 3 is 2.52 bits per heavy atom. The highest BCUT2D eigenvalue weighted by atomic mass is 16.6. The number of aryl methyl sites for hydroxylation is 2. The number of nitrogens with two attached hydrogens (primary N) is 1. The molecule has 11 heteroatoms. The molecule has 4 aromatic rings. The number of hydrogen-bond acceptors (Lipinski definition) is 8. The van der Waals surface area contributed by atoms with Gasteiger partial charge in [0.25, 0.3) is 0 Å². The van der Waals surface area contributed by atoms with Crippen molar-refractivity contribution in [3.63, 3.8) is 0 Å². The minimum absolute atomic E-state index is 0.00348. The number of aromatic nitrogens is 3. The summed E-state index contributed by atoms with van der Waals surface area (Å²) in [5, 5.41) is 8.18. The molecule has 1 amide bonds. The van der Waals surface area contributed by atoms with Crippen molar-refractivity contribution in [3.8, 4) is 5.75 Å². The van der Waals surface area contributed by atoms with Gasteiger partial charge in [0.2, 0.25) is 0 Å². The Kier molecular flexibility index (Phi) is 8.85. The summed E-state index contributed by atoms with van der Waals surface area (Å²) in [6, 6.07) is 14.0. The summed E-state index contributed by atoms with van der Waals surface area (Å²) in [7, 11) is 3.16. The highest BCUT2D eigenvalue weighted by Gasteiger charge is 2.21. The van der Waals surface area contributed by atoms with Crippen molar-refractivity contribution in [2.24, 2.45) is 12.8 Å². The summed E-state index contributed by atoms with van der Waals surface area (Å²) < 4.78 is 12.2. The normalized spacial score (nSPS) is 10.8. The number of nitrogen functional groups attached to an aromatic ring is 1. The average Bonchev–Trinajstić information content (AvgIpc) is 3.30. The smallest absolute Gasteiger partial charge is 0.420 e. The number of nitrogens with one attached hydrogen (secondary N) is 1. The summed E-state index contributed by atoms with van der Waals surface area (Å²) in [5.74, 6) is 0.171. The van der Waals surface area contributed by atoms with Crippen LogP contribution in [-0.2, 0) is 23.0 Å². The van der Waals surface area contributed by atoms with Crippen LogP contribution in [0, 0.1) is 5.41 Å². The number of carbonyl (C=O) groups is 3. The van der Waals surface area contributed by atoms with Crippen LogP contribution in [0.5, 0.6) is 5.75 Å². The molecule has 0 aliphatic heterocycles. The van der Waals surface area contributed by atoms with E-state index in [0.29, 0.717) is 35.2 Å². The molecule has 0 atom stereocenters. The monoisotopic (exact) mass is 542 g/mol. The van der Waals surface area contributed by atoms with E-state index in [1.54, 1.807) is 42.6 Å². The lowest BCUT2D eigenvalue weighted by atomic mass is 10.0. The Balaban J connectivity index is 1.50. The van der Waals surface area contributed by atoms with E-state index in [0.717, 1.165) is 11.1 Å². The van der Waals surface area contributed by atoms with E-state index >= 15 is 0 Å². The second kappa shape index (κ2) is 12.7. The van der Waals surface area contributed by atoms with Crippen molar-refractivity contribution in [1.29, 1.82) is 5.41 Å². The number of hydrogen-bond donors (Lipinski definition) is 2. The Morgan fingerprint density at radius 1 is 1.07 bits per heavy atom. The first kappa shape index (κ1) is 28.0. The zero-order valence-corrected chi connectivity index (χ0v) is 22.3. The molecule has 2 heterocycles. The number of amides is 1. The van der Waals surface area contributed by atoms with E-state index in [1.165, 1.54) is 24.5 Å². The van der Waals surface area contributed by atoms with Crippen LogP contribution in [0.25, 0.3) is 10.9 Å². The van der Waals surface area contributed by atoms with Crippen molar-refractivity contribution in [1.82, 2.24) is 14.5 Å². The number of Topliss-reactive ketones (excluding diaryl/α,β-unsaturated/α-hetero) is 1. The highest BCUT2D eigenvalue weighted by molar-refractivity contribution is 6.08. The third-order valence-electron chi connectivity index (χ3n) is 6.43. The minimum atomic E-state index is -0.680. The van der Waals surface area contributed by atoms with E-state index in [-0.39, 0.29) is 42.7 Å². The molecule has 0 aliphatic carbocycles. The van der Waals surface area contributed by atoms with Crippen LogP contribution in [0.3, 0.4) is 0 Å². The SMILES string of the molecule is COC(=O)CCCN(C(=O)Oc1ccc2c(c1)c(C(=O)CCc1ccc(C(=N)N)cc1)cn2C)c1ccncn1. The molecular formula is C29H30N6O5. The van der Waals surface area contributed by atoms with E-state index in [9.17, 15) is 14.4 Å². The van der Waals surface area contributed by atoms with Crippen LogP contribution in [0.2, 0.25) is 0 Å². The summed E-state index contributed by atoms with van der Waals surface area (Å²) in [6.07, 6.45) is 5.22. The summed E-state index contributed by atoms with van der Waals surface area (Å²) >= 11 is 0. The van der Waals surface area contributed by atoms with Crippen molar-refractivity contribution in [2.45, 2.75) is 25.7 Å². The van der Waals surface area contributed by atoms with Gasteiger partial charge in [0, 0.05) is 60.9 Å². The predicted molar refractivity (Wildman–Crippen MR) is 150 cm³/mol. The van der Waals surface area contributed by atoms with Crippen molar-refractivity contribution >= 4 is 40.4 Å². The van der Waals surface area contributed by atoms with Gasteiger partial charge in [-0.1, -0.05) is 24.3 Å². The maximum Gasteiger partial charge on any atom is 0.420 e. The molecule has 0 saturated carbocycles. The second-order valence-corrected chi connectivity index (χ2v) is 9.13. The standard InChI is InChI=1S/C29H30N6O5/c1-34-17-23(25(36)12-7-19-5-8-20(9-6-19)28(30)31)22-16-21(10-11-24(22)34)40-29(38)35(15-3-4-27(37)39-2)26-13-14-32-18-33-26/h5-6,8-11,13-14,16-18H,3-4,7,12,15H2,1-2H3,(H3,30,31). The first-order valence-electron chi connectivity index (χ1n) is 12.6. The Labute approximate surface area is 231 Å². The Morgan fingerprint density at radius 2 is 1.85 bits per heavy atom. The van der Waals surface area contributed by atoms with Gasteiger partial charge >= 0.3 is 12.1 Å². The lowest BCUT2D eigenvalue weighted by Crippen LogP contribution is -2.35. The van der Waals surface area contributed by atoms with Crippen molar-refractivity contribution in [2.75, 3.05) is 18.6 Å². The quantitative estimate of drug-likeness (QED) is 0.125. The fourth-order valence-corrected chi connectivity index (χ4v) is 4.28. The van der Waals surface area contributed by atoms with Gasteiger partial charge in [0.15, 0.2) is 5.78 Å². The first-order valence-corrected chi connectivity index (χ1v) is 12.6. The number of amidine groups is 1. The lowest BCUT2D eigenvalue weighted by Gasteiger charge is -2.20. The molecule has 0 bridgehead atoms. The van der Waals surface area contributed by atoms with Gasteiger partial charge in [-0.3, -0.25) is 19.9 Å². The molecule has 3 N–H and O–H groups in total. The van der Waals surface area contributed by atoms with Gasteiger partial charge in [-0.05, 0) is 42.7 Å². The van der Waals surface area contributed by atoms with Gasteiger partial charge < -0.3 is 19.8 Å². The van der Waals surface area contributed by atoms with E-state index in [4.69, 9.17) is 15.9 Å². The first-order chi connectivity index (χ1) is 19.3. The lowest BCUT2D eigenvalue weighted by molar-refractivity contribution is -0.140. The molecule has 2 aromatic carbocycles. The zero-order valence-electron chi connectivity index (χ0n) is 22.3. The van der Waals surface area contributed by atoms with E-state index < -0.39 is 6.09 Å². The molecule has 0 aliphatic rings. The summed E-state index contributed by atoms with van der Waals surface area (Å²) in [4.78, 5) is 47.3. The van der Waals surface area contributed by atoms with Crippen molar-refractivity contribution < 1.29 is 23.9 Å². The van der Waals surface area contributed by atoms with E-state index in [2.05, 4.69) is 14.7 Å². The fraction of sp³-hybridized carbons (Fsp3) is 0.241. The molecule has 2 aromatic heterocycles. The third kappa shape index (κ3) is 6.68. The van der Waals surface area contributed by atoms with Crippen molar-refractivity contribution in [3.05, 3.63) is 83.9 Å². The molecule has 0 radical (unpaired) electrons. The largest absolute Gasteiger partial charge is 0.469 e. The average molecular weight is 543 g/mol. The molecular weight excluding hydrogens is 512 g/mol. The number of methoxy groups -OCH3 is 1. The Hall–Kier alpha value is -5.06. The van der Waals surface area contributed by atoms with Gasteiger partial charge in [0.1, 0.15) is 23.7 Å². The van der Waals surface area contributed by atoms with E-state index in [1.807, 2.05) is 23.7 Å². The maximum atomic E-state index is 13.2. The molecule has 206 valence electrons. The number of ketones is 1. The number of nitrogens with zero attached hydrogens (tertiary/aromatic N) is 4. The number of fused-ring (bicyclic) bond motifs is 1. The van der Waals surface area contributed by atoms with Gasteiger partial charge in [-0.25, -0.2) is 14.8 Å². The highest BCUT2D eigenvalue weighted by Crippen LogP contribution is 2.28. The topological polar surface area (TPSA) is 153 Å².